The fraction of sp³-hybridized carbons (Fsp3) is 0.417. The number of carbonyl (C=O) groups is 2. The first kappa shape index (κ1) is 20.1. The fourth-order valence-corrected chi connectivity index (χ4v) is 3.66. The molecule has 4 heteroatoms. The minimum atomic E-state index is -0.634. The van der Waals surface area contributed by atoms with Gasteiger partial charge in [0, 0.05) is 6.42 Å². The monoisotopic (exact) mass is 380 g/mol. The molecule has 0 bridgehead atoms. The Hall–Kier alpha value is -2.62. The Kier molecular flexibility index (Phi) is 6.85. The van der Waals surface area contributed by atoms with E-state index in [1.807, 2.05) is 54.6 Å². The first-order valence-electron chi connectivity index (χ1n) is 10.1. The first-order chi connectivity index (χ1) is 13.6. The van der Waals surface area contributed by atoms with Gasteiger partial charge in [0.05, 0.1) is 0 Å². The molecule has 148 valence electrons. The Morgan fingerprint density at radius 1 is 0.964 bits per heavy atom. The molecular weight excluding hydrogens is 352 g/mol. The summed E-state index contributed by atoms with van der Waals surface area (Å²) in [5.41, 5.74) is 1.65. The van der Waals surface area contributed by atoms with E-state index in [4.69, 9.17) is 9.47 Å². The van der Waals surface area contributed by atoms with Crippen LogP contribution < -0.4 is 4.74 Å². The van der Waals surface area contributed by atoms with Crippen LogP contribution >= 0.6 is 0 Å². The summed E-state index contributed by atoms with van der Waals surface area (Å²) in [7, 11) is 0. The Labute approximate surface area is 166 Å². The molecular formula is C24H28O4. The van der Waals surface area contributed by atoms with Crippen molar-refractivity contribution in [2.24, 2.45) is 0 Å². The van der Waals surface area contributed by atoms with Crippen molar-refractivity contribution in [2.45, 2.75) is 64.1 Å². The third-order valence-corrected chi connectivity index (χ3v) is 5.22. The van der Waals surface area contributed by atoms with E-state index in [0.717, 1.165) is 42.6 Å². The maximum Gasteiger partial charge on any atom is 0.313 e. The highest BCUT2D eigenvalue weighted by Gasteiger charge is 2.40. The summed E-state index contributed by atoms with van der Waals surface area (Å²) in [5, 5.41) is 0. The quantitative estimate of drug-likeness (QED) is 0.452. The van der Waals surface area contributed by atoms with Gasteiger partial charge < -0.3 is 9.47 Å². The molecule has 2 aromatic rings. The van der Waals surface area contributed by atoms with Gasteiger partial charge in [-0.05, 0) is 48.9 Å². The van der Waals surface area contributed by atoms with Gasteiger partial charge in [-0.1, -0.05) is 55.8 Å². The predicted octanol–water partition coefficient (Wildman–Crippen LogP) is 5.03. The first-order valence-corrected chi connectivity index (χ1v) is 10.1. The summed E-state index contributed by atoms with van der Waals surface area (Å²) in [6.07, 6.45) is 4.42. The minimum Gasteiger partial charge on any atom is -0.489 e. The lowest BCUT2D eigenvalue weighted by Crippen LogP contribution is -2.43. The number of hydrogen-bond acceptors (Lipinski definition) is 4. The number of cyclic esters (lactones) is 1. The van der Waals surface area contributed by atoms with Crippen LogP contribution in [-0.4, -0.2) is 17.4 Å². The molecule has 1 aliphatic heterocycles. The van der Waals surface area contributed by atoms with Crippen LogP contribution in [0, 0.1) is 0 Å². The second-order valence-electron chi connectivity index (χ2n) is 7.57. The summed E-state index contributed by atoms with van der Waals surface area (Å²) in [4.78, 5) is 23.8. The van der Waals surface area contributed by atoms with Gasteiger partial charge in [-0.25, -0.2) is 0 Å². The average Bonchev–Trinajstić information content (AvgIpc) is 2.70. The van der Waals surface area contributed by atoms with Crippen molar-refractivity contribution in [1.82, 2.24) is 0 Å². The van der Waals surface area contributed by atoms with Gasteiger partial charge in [0.1, 0.15) is 30.2 Å². The fourth-order valence-electron chi connectivity index (χ4n) is 3.66. The molecule has 1 saturated heterocycles. The van der Waals surface area contributed by atoms with Gasteiger partial charge in [0.2, 0.25) is 0 Å². The molecule has 2 aromatic carbocycles. The van der Waals surface area contributed by atoms with Gasteiger partial charge in [-0.3, -0.25) is 9.59 Å². The van der Waals surface area contributed by atoms with E-state index >= 15 is 0 Å². The van der Waals surface area contributed by atoms with Crippen LogP contribution in [0.15, 0.2) is 54.6 Å². The number of ether oxygens (including phenoxy) is 2. The van der Waals surface area contributed by atoms with Crippen molar-refractivity contribution in [3.8, 4) is 5.75 Å². The molecule has 0 saturated carbocycles. The van der Waals surface area contributed by atoms with Gasteiger partial charge in [-0.15, -0.1) is 0 Å². The summed E-state index contributed by atoms with van der Waals surface area (Å²) >= 11 is 0. The third-order valence-electron chi connectivity index (χ3n) is 5.22. The van der Waals surface area contributed by atoms with E-state index in [2.05, 4.69) is 6.92 Å². The van der Waals surface area contributed by atoms with Crippen molar-refractivity contribution in [3.63, 3.8) is 0 Å². The maximum atomic E-state index is 12.0. The highest BCUT2D eigenvalue weighted by molar-refractivity contribution is 5.98. The standard InChI is InChI=1S/C24H28O4/c1-2-3-14-24(17-21(25)16-23(26)28-24)15-13-19-9-11-22(12-10-19)27-18-20-7-5-4-6-8-20/h4-12H,2-3,13-18H2,1H3. The van der Waals surface area contributed by atoms with Crippen molar-refractivity contribution in [2.75, 3.05) is 0 Å². The second kappa shape index (κ2) is 9.54. The van der Waals surface area contributed by atoms with Crippen LogP contribution in [-0.2, 0) is 27.4 Å². The summed E-state index contributed by atoms with van der Waals surface area (Å²) in [5.74, 6) is 0.446. The number of hydrogen-bond donors (Lipinski definition) is 0. The van der Waals surface area contributed by atoms with Gasteiger partial charge >= 0.3 is 5.97 Å². The number of aryl methyl sites for hydroxylation is 1. The maximum absolute atomic E-state index is 12.0. The Bertz CT molecular complexity index is 764. The van der Waals surface area contributed by atoms with Crippen molar-refractivity contribution >= 4 is 11.8 Å². The lowest BCUT2D eigenvalue weighted by molar-refractivity contribution is -0.172. The number of ketones is 1. The second-order valence-corrected chi connectivity index (χ2v) is 7.57. The number of Topliss-reactive ketones (excluding diaryl/α,β-unsaturated/α-hetero) is 1. The molecule has 28 heavy (non-hydrogen) atoms. The van der Waals surface area contributed by atoms with Crippen LogP contribution in [0.25, 0.3) is 0 Å². The summed E-state index contributed by atoms with van der Waals surface area (Å²) < 4.78 is 11.5. The highest BCUT2D eigenvalue weighted by Crippen LogP contribution is 2.33. The van der Waals surface area contributed by atoms with E-state index in [1.54, 1.807) is 0 Å². The molecule has 0 aromatic heterocycles. The van der Waals surface area contributed by atoms with E-state index in [9.17, 15) is 9.59 Å². The Balaban J connectivity index is 1.57. The lowest BCUT2D eigenvalue weighted by atomic mass is 9.83. The van der Waals surface area contributed by atoms with Crippen LogP contribution in [0.5, 0.6) is 5.75 Å². The minimum absolute atomic E-state index is 0.00277. The molecule has 4 nitrogen and oxygen atoms in total. The molecule has 0 spiro atoms. The number of esters is 1. The third kappa shape index (κ3) is 5.69. The molecule has 1 aliphatic rings. The average molecular weight is 380 g/mol. The van der Waals surface area contributed by atoms with Crippen molar-refractivity contribution < 1.29 is 19.1 Å². The topological polar surface area (TPSA) is 52.6 Å². The molecule has 3 rings (SSSR count). The molecule has 0 N–H and O–H groups in total. The SMILES string of the molecule is CCCCC1(CCc2ccc(OCc3ccccc3)cc2)CC(=O)CC(=O)O1. The molecule has 0 amide bonds. The summed E-state index contributed by atoms with van der Waals surface area (Å²) in [6, 6.07) is 18.1. The highest BCUT2D eigenvalue weighted by atomic mass is 16.6. The van der Waals surface area contributed by atoms with Gasteiger partial charge in [-0.2, -0.15) is 0 Å². The smallest absolute Gasteiger partial charge is 0.313 e. The van der Waals surface area contributed by atoms with Crippen LogP contribution in [0.2, 0.25) is 0 Å². The van der Waals surface area contributed by atoms with E-state index in [1.165, 1.54) is 0 Å². The largest absolute Gasteiger partial charge is 0.489 e. The number of unbranched alkanes of at least 4 members (excludes halogenated alkanes) is 1. The van der Waals surface area contributed by atoms with Gasteiger partial charge in [0.15, 0.2) is 0 Å². The zero-order valence-electron chi connectivity index (χ0n) is 16.5. The molecule has 1 fully saturated rings. The van der Waals surface area contributed by atoms with E-state index < -0.39 is 5.60 Å². The van der Waals surface area contributed by atoms with Crippen molar-refractivity contribution in [3.05, 3.63) is 65.7 Å². The zero-order chi connectivity index (χ0) is 19.8. The zero-order valence-corrected chi connectivity index (χ0v) is 16.5. The normalized spacial score (nSPS) is 19.3. The van der Waals surface area contributed by atoms with Crippen LogP contribution in [0.3, 0.4) is 0 Å². The van der Waals surface area contributed by atoms with Crippen molar-refractivity contribution in [1.29, 1.82) is 0 Å². The number of carbonyl (C=O) groups excluding carboxylic acids is 2. The molecule has 1 heterocycles. The predicted molar refractivity (Wildman–Crippen MR) is 108 cm³/mol. The van der Waals surface area contributed by atoms with Crippen LogP contribution in [0.4, 0.5) is 0 Å². The van der Waals surface area contributed by atoms with Crippen LogP contribution in [0.1, 0.15) is 56.6 Å². The van der Waals surface area contributed by atoms with E-state index in [-0.39, 0.29) is 18.2 Å². The Morgan fingerprint density at radius 2 is 1.71 bits per heavy atom. The molecule has 0 aliphatic carbocycles. The lowest BCUT2D eigenvalue weighted by Gasteiger charge is -2.36. The number of rotatable bonds is 9. The van der Waals surface area contributed by atoms with Gasteiger partial charge in [0.25, 0.3) is 0 Å². The summed E-state index contributed by atoms with van der Waals surface area (Å²) in [6.45, 7) is 2.65. The Morgan fingerprint density at radius 3 is 2.39 bits per heavy atom. The number of benzene rings is 2. The van der Waals surface area contributed by atoms with E-state index in [0.29, 0.717) is 19.4 Å². The molecule has 1 atom stereocenters. The molecule has 0 radical (unpaired) electrons. The molecule has 1 unspecified atom stereocenters.